The maximum atomic E-state index is 12.2. The summed E-state index contributed by atoms with van der Waals surface area (Å²) in [5.74, 6) is 1.54. The van der Waals surface area contributed by atoms with E-state index in [1.165, 1.54) is 4.90 Å². The van der Waals surface area contributed by atoms with Crippen molar-refractivity contribution in [1.82, 2.24) is 5.16 Å². The highest BCUT2D eigenvalue weighted by Gasteiger charge is 2.20. The lowest BCUT2D eigenvalue weighted by Crippen LogP contribution is -2.15. The average Bonchev–Trinajstić information content (AvgIpc) is 2.93. The van der Waals surface area contributed by atoms with Gasteiger partial charge >= 0.3 is 0 Å². The highest BCUT2D eigenvalue weighted by atomic mass is 32.2. The molecule has 1 aromatic heterocycles. The maximum Gasteiger partial charge on any atom is 0.234 e. The number of anilines is 1. The monoisotopic (exact) mass is 316 g/mol. The summed E-state index contributed by atoms with van der Waals surface area (Å²) in [6.45, 7) is 2.13. The topological polar surface area (TPSA) is 55.1 Å². The van der Waals surface area contributed by atoms with E-state index in [2.05, 4.69) is 29.5 Å². The summed E-state index contributed by atoms with van der Waals surface area (Å²) < 4.78 is 5.29. The van der Waals surface area contributed by atoms with Crippen molar-refractivity contribution in [3.63, 3.8) is 0 Å². The molecule has 1 aliphatic carbocycles. The van der Waals surface area contributed by atoms with Gasteiger partial charge in [0.1, 0.15) is 0 Å². The predicted molar refractivity (Wildman–Crippen MR) is 88.3 cm³/mol. The van der Waals surface area contributed by atoms with E-state index in [-0.39, 0.29) is 5.91 Å². The first-order chi connectivity index (χ1) is 10.8. The first-order valence-corrected chi connectivity index (χ1v) is 8.74. The molecular weight excluding hydrogens is 296 g/mol. The number of nitrogens with one attached hydrogen (secondary N) is 1. The van der Waals surface area contributed by atoms with Crippen molar-refractivity contribution in [3.8, 4) is 0 Å². The van der Waals surface area contributed by atoms with Crippen LogP contribution in [0.5, 0.6) is 0 Å². The standard InChI is InChI=1S/C17H20N2O2S/c1-2-22-13-9-7-12(8-10-13)11-16(20)18-17-14-5-3-4-6-15(14)19-21-17/h7-10H,2-6,11H2,1H3,(H,18,20). The lowest BCUT2D eigenvalue weighted by Gasteiger charge is -2.09. The summed E-state index contributed by atoms with van der Waals surface area (Å²) in [6.07, 6.45) is 4.53. The highest BCUT2D eigenvalue weighted by molar-refractivity contribution is 7.99. The largest absolute Gasteiger partial charge is 0.338 e. The molecule has 1 amide bonds. The Balaban J connectivity index is 1.61. The minimum absolute atomic E-state index is 0.0552. The molecule has 1 aliphatic rings. The normalized spacial score (nSPS) is 13.7. The van der Waals surface area contributed by atoms with E-state index in [4.69, 9.17) is 4.52 Å². The smallest absolute Gasteiger partial charge is 0.234 e. The zero-order valence-corrected chi connectivity index (χ0v) is 13.5. The molecule has 0 spiro atoms. The number of amides is 1. The van der Waals surface area contributed by atoms with Crippen LogP contribution in [0.15, 0.2) is 33.7 Å². The van der Waals surface area contributed by atoms with E-state index >= 15 is 0 Å². The van der Waals surface area contributed by atoms with E-state index in [0.717, 1.165) is 48.3 Å². The lowest BCUT2D eigenvalue weighted by molar-refractivity contribution is -0.115. The summed E-state index contributed by atoms with van der Waals surface area (Å²) in [5.41, 5.74) is 3.09. The molecule has 116 valence electrons. The summed E-state index contributed by atoms with van der Waals surface area (Å²) in [6, 6.07) is 8.14. The molecular formula is C17H20N2O2S. The van der Waals surface area contributed by atoms with Crippen molar-refractivity contribution in [2.45, 2.75) is 43.9 Å². The van der Waals surface area contributed by atoms with E-state index < -0.39 is 0 Å². The number of fused-ring (bicyclic) bond motifs is 1. The quantitative estimate of drug-likeness (QED) is 0.851. The van der Waals surface area contributed by atoms with Gasteiger partial charge in [0.25, 0.3) is 0 Å². The van der Waals surface area contributed by atoms with Crippen LogP contribution in [-0.4, -0.2) is 16.8 Å². The van der Waals surface area contributed by atoms with E-state index in [9.17, 15) is 4.79 Å². The highest BCUT2D eigenvalue weighted by Crippen LogP contribution is 2.27. The first-order valence-electron chi connectivity index (χ1n) is 7.75. The van der Waals surface area contributed by atoms with Gasteiger partial charge in [0, 0.05) is 10.5 Å². The van der Waals surface area contributed by atoms with Gasteiger partial charge in [-0.05, 0) is 49.1 Å². The first kappa shape index (κ1) is 15.2. The van der Waals surface area contributed by atoms with Crippen LogP contribution in [0.25, 0.3) is 0 Å². The summed E-state index contributed by atoms with van der Waals surface area (Å²) in [4.78, 5) is 13.4. The van der Waals surface area contributed by atoms with Crippen LogP contribution in [-0.2, 0) is 24.1 Å². The second-order valence-corrected chi connectivity index (χ2v) is 6.78. The third-order valence-electron chi connectivity index (χ3n) is 3.81. The van der Waals surface area contributed by atoms with Crippen LogP contribution in [0.2, 0.25) is 0 Å². The molecule has 0 atom stereocenters. The number of carbonyl (C=O) groups is 1. The molecule has 4 nitrogen and oxygen atoms in total. The van der Waals surface area contributed by atoms with Crippen molar-refractivity contribution in [2.75, 3.05) is 11.1 Å². The Labute approximate surface area is 134 Å². The predicted octanol–water partition coefficient (Wildman–Crippen LogP) is 3.85. The number of nitrogens with zero attached hydrogens (tertiary/aromatic N) is 1. The molecule has 5 heteroatoms. The minimum atomic E-state index is -0.0552. The van der Waals surface area contributed by atoms with Gasteiger partial charge in [-0.1, -0.05) is 24.2 Å². The molecule has 1 N–H and O–H groups in total. The van der Waals surface area contributed by atoms with Gasteiger partial charge in [-0.2, -0.15) is 0 Å². The zero-order valence-electron chi connectivity index (χ0n) is 12.7. The lowest BCUT2D eigenvalue weighted by atomic mass is 9.97. The molecule has 3 rings (SSSR count). The second-order valence-electron chi connectivity index (χ2n) is 5.45. The fraction of sp³-hybridized carbons (Fsp3) is 0.412. The Hall–Kier alpha value is -1.75. The Morgan fingerprint density at radius 2 is 2.05 bits per heavy atom. The van der Waals surface area contributed by atoms with Crippen LogP contribution in [0.4, 0.5) is 5.88 Å². The van der Waals surface area contributed by atoms with E-state index in [1.807, 2.05) is 12.1 Å². The molecule has 0 bridgehead atoms. The van der Waals surface area contributed by atoms with Gasteiger partial charge in [0.2, 0.25) is 11.8 Å². The van der Waals surface area contributed by atoms with E-state index in [1.54, 1.807) is 11.8 Å². The molecule has 2 aromatic rings. The Morgan fingerprint density at radius 1 is 1.27 bits per heavy atom. The van der Waals surface area contributed by atoms with Crippen molar-refractivity contribution in [3.05, 3.63) is 41.1 Å². The third-order valence-corrected chi connectivity index (χ3v) is 4.71. The van der Waals surface area contributed by atoms with Gasteiger partial charge < -0.3 is 4.52 Å². The van der Waals surface area contributed by atoms with E-state index in [0.29, 0.717) is 12.3 Å². The molecule has 0 fully saturated rings. The molecule has 0 saturated carbocycles. The molecule has 0 radical (unpaired) electrons. The molecule has 22 heavy (non-hydrogen) atoms. The van der Waals surface area contributed by atoms with Gasteiger partial charge in [-0.15, -0.1) is 11.8 Å². The van der Waals surface area contributed by atoms with Gasteiger partial charge in [0.15, 0.2) is 0 Å². The van der Waals surface area contributed by atoms with Crippen LogP contribution in [0, 0.1) is 0 Å². The van der Waals surface area contributed by atoms with Crippen LogP contribution < -0.4 is 5.32 Å². The summed E-state index contributed by atoms with van der Waals surface area (Å²) in [7, 11) is 0. The summed E-state index contributed by atoms with van der Waals surface area (Å²) in [5, 5.41) is 6.92. The number of carbonyl (C=O) groups excluding carboxylic acids is 1. The number of rotatable bonds is 5. The minimum Gasteiger partial charge on any atom is -0.338 e. The number of thioether (sulfide) groups is 1. The van der Waals surface area contributed by atoms with Crippen molar-refractivity contribution in [1.29, 1.82) is 0 Å². The van der Waals surface area contributed by atoms with Gasteiger partial charge in [0.05, 0.1) is 12.1 Å². The second kappa shape index (κ2) is 7.01. The number of benzene rings is 1. The maximum absolute atomic E-state index is 12.2. The Kier molecular flexibility index (Phi) is 4.83. The van der Waals surface area contributed by atoms with Crippen molar-refractivity contribution >= 4 is 23.6 Å². The van der Waals surface area contributed by atoms with Crippen LogP contribution in [0.3, 0.4) is 0 Å². The molecule has 0 unspecified atom stereocenters. The summed E-state index contributed by atoms with van der Waals surface area (Å²) >= 11 is 1.80. The number of hydrogen-bond acceptors (Lipinski definition) is 4. The molecule has 1 heterocycles. The zero-order chi connectivity index (χ0) is 15.4. The van der Waals surface area contributed by atoms with Crippen molar-refractivity contribution < 1.29 is 9.32 Å². The number of hydrogen-bond donors (Lipinski definition) is 1. The SMILES string of the molecule is CCSc1ccc(CC(=O)Nc2onc3c2CCCC3)cc1. The Morgan fingerprint density at radius 3 is 2.82 bits per heavy atom. The average molecular weight is 316 g/mol. The fourth-order valence-corrected chi connectivity index (χ4v) is 3.38. The molecule has 1 aromatic carbocycles. The Bertz CT molecular complexity index is 649. The number of aromatic nitrogens is 1. The third kappa shape index (κ3) is 3.53. The fourth-order valence-electron chi connectivity index (χ4n) is 2.72. The molecule has 0 saturated heterocycles. The van der Waals surface area contributed by atoms with Crippen LogP contribution in [0.1, 0.15) is 36.6 Å². The van der Waals surface area contributed by atoms with Gasteiger partial charge in [-0.3, -0.25) is 10.1 Å². The van der Waals surface area contributed by atoms with Crippen molar-refractivity contribution in [2.24, 2.45) is 0 Å². The van der Waals surface area contributed by atoms with Crippen LogP contribution >= 0.6 is 11.8 Å². The molecule has 0 aliphatic heterocycles. The van der Waals surface area contributed by atoms with Gasteiger partial charge in [-0.25, -0.2) is 0 Å². The number of aryl methyl sites for hydroxylation is 1.